The highest BCUT2D eigenvalue weighted by Gasteiger charge is 2.21. The summed E-state index contributed by atoms with van der Waals surface area (Å²) in [6.45, 7) is 7.05. The van der Waals surface area contributed by atoms with Crippen LogP contribution in [0.25, 0.3) is 0 Å². The number of rotatable bonds is 5. The standard InChI is InChI=1S/C20H30N4O2/c1-3-21-20(23(2)13-16-9-11-26-15-16)22-12-19(25)24-10-8-17-6-4-5-7-18(17)14-24/h4-7,16H,3,8-15H2,1-2H3,(H,21,22). The van der Waals surface area contributed by atoms with Gasteiger partial charge in [0.25, 0.3) is 0 Å². The maximum atomic E-state index is 12.6. The second kappa shape index (κ2) is 9.03. The number of benzene rings is 1. The van der Waals surface area contributed by atoms with Crippen LogP contribution >= 0.6 is 0 Å². The summed E-state index contributed by atoms with van der Waals surface area (Å²) >= 11 is 0. The predicted octanol–water partition coefficient (Wildman–Crippen LogP) is 1.51. The monoisotopic (exact) mass is 358 g/mol. The molecule has 3 rings (SSSR count). The van der Waals surface area contributed by atoms with E-state index in [9.17, 15) is 4.79 Å². The predicted molar refractivity (Wildman–Crippen MR) is 103 cm³/mol. The van der Waals surface area contributed by atoms with Crippen molar-refractivity contribution in [3.05, 3.63) is 35.4 Å². The molecule has 0 bridgehead atoms. The molecule has 1 unspecified atom stereocenters. The van der Waals surface area contributed by atoms with Crippen molar-refractivity contribution in [2.45, 2.75) is 26.3 Å². The number of hydrogen-bond donors (Lipinski definition) is 1. The van der Waals surface area contributed by atoms with E-state index in [1.165, 1.54) is 11.1 Å². The van der Waals surface area contributed by atoms with Crippen LogP contribution in [0.15, 0.2) is 29.3 Å². The minimum Gasteiger partial charge on any atom is -0.381 e. The summed E-state index contributed by atoms with van der Waals surface area (Å²) in [4.78, 5) is 21.3. The van der Waals surface area contributed by atoms with Crippen molar-refractivity contribution in [3.63, 3.8) is 0 Å². The van der Waals surface area contributed by atoms with Crippen molar-refractivity contribution in [2.24, 2.45) is 10.9 Å². The Kier molecular flexibility index (Phi) is 6.50. The largest absolute Gasteiger partial charge is 0.381 e. The molecule has 6 nitrogen and oxygen atoms in total. The molecular weight excluding hydrogens is 328 g/mol. The number of nitrogens with one attached hydrogen (secondary N) is 1. The summed E-state index contributed by atoms with van der Waals surface area (Å²) in [6.07, 6.45) is 2.02. The minimum atomic E-state index is 0.0903. The van der Waals surface area contributed by atoms with Gasteiger partial charge in [0.2, 0.25) is 5.91 Å². The number of nitrogens with zero attached hydrogens (tertiary/aromatic N) is 3. The first kappa shape index (κ1) is 18.7. The third-order valence-corrected chi connectivity index (χ3v) is 5.10. The van der Waals surface area contributed by atoms with Crippen LogP contribution < -0.4 is 5.32 Å². The van der Waals surface area contributed by atoms with Crippen LogP contribution in [-0.4, -0.2) is 68.1 Å². The minimum absolute atomic E-state index is 0.0903. The molecule has 2 aliphatic rings. The number of ether oxygens (including phenoxy) is 1. The Morgan fingerprint density at radius 1 is 1.38 bits per heavy atom. The Balaban J connectivity index is 1.57. The van der Waals surface area contributed by atoms with Crippen molar-refractivity contribution < 1.29 is 9.53 Å². The fourth-order valence-corrected chi connectivity index (χ4v) is 3.62. The zero-order chi connectivity index (χ0) is 18.4. The van der Waals surface area contributed by atoms with Gasteiger partial charge < -0.3 is 19.9 Å². The van der Waals surface area contributed by atoms with E-state index >= 15 is 0 Å². The van der Waals surface area contributed by atoms with E-state index in [-0.39, 0.29) is 12.5 Å². The van der Waals surface area contributed by atoms with Crippen LogP contribution in [-0.2, 0) is 22.5 Å². The summed E-state index contributed by atoms with van der Waals surface area (Å²) in [7, 11) is 2.03. The molecule has 0 saturated carbocycles. The van der Waals surface area contributed by atoms with E-state index in [1.807, 2.05) is 24.9 Å². The van der Waals surface area contributed by atoms with Gasteiger partial charge in [0, 0.05) is 45.8 Å². The molecule has 1 aromatic rings. The van der Waals surface area contributed by atoms with Gasteiger partial charge in [-0.25, -0.2) is 4.99 Å². The molecule has 1 fully saturated rings. The Bertz CT molecular complexity index is 640. The highest BCUT2D eigenvalue weighted by molar-refractivity contribution is 5.85. The van der Waals surface area contributed by atoms with Crippen molar-refractivity contribution in [1.29, 1.82) is 0 Å². The topological polar surface area (TPSA) is 57.2 Å². The number of carbonyl (C=O) groups is 1. The molecule has 1 saturated heterocycles. The number of fused-ring (bicyclic) bond motifs is 1. The van der Waals surface area contributed by atoms with E-state index in [2.05, 4.69) is 33.4 Å². The zero-order valence-corrected chi connectivity index (χ0v) is 15.9. The molecule has 0 radical (unpaired) electrons. The molecule has 6 heteroatoms. The summed E-state index contributed by atoms with van der Waals surface area (Å²) in [5.74, 6) is 1.43. The number of hydrogen-bond acceptors (Lipinski definition) is 3. The molecule has 142 valence electrons. The van der Waals surface area contributed by atoms with Crippen molar-refractivity contribution in [3.8, 4) is 0 Å². The van der Waals surface area contributed by atoms with Gasteiger partial charge in [0.1, 0.15) is 6.54 Å². The molecular formula is C20H30N4O2. The maximum Gasteiger partial charge on any atom is 0.244 e. The van der Waals surface area contributed by atoms with E-state index in [0.717, 1.165) is 51.6 Å². The first-order valence-corrected chi connectivity index (χ1v) is 9.59. The van der Waals surface area contributed by atoms with Crippen LogP contribution in [0.3, 0.4) is 0 Å². The number of aliphatic imine (C=N–C) groups is 1. The fraction of sp³-hybridized carbons (Fsp3) is 0.600. The molecule has 0 spiro atoms. The average Bonchev–Trinajstić information content (AvgIpc) is 3.17. The lowest BCUT2D eigenvalue weighted by molar-refractivity contribution is -0.130. The van der Waals surface area contributed by atoms with Gasteiger partial charge in [0.15, 0.2) is 5.96 Å². The van der Waals surface area contributed by atoms with E-state index in [0.29, 0.717) is 12.5 Å². The second-order valence-electron chi connectivity index (χ2n) is 7.11. The van der Waals surface area contributed by atoms with Gasteiger partial charge in [-0.3, -0.25) is 4.79 Å². The highest BCUT2D eigenvalue weighted by atomic mass is 16.5. The Morgan fingerprint density at radius 3 is 2.92 bits per heavy atom. The van der Waals surface area contributed by atoms with E-state index in [1.54, 1.807) is 0 Å². The zero-order valence-electron chi connectivity index (χ0n) is 15.9. The maximum absolute atomic E-state index is 12.6. The average molecular weight is 358 g/mol. The van der Waals surface area contributed by atoms with E-state index in [4.69, 9.17) is 4.74 Å². The Hall–Kier alpha value is -2.08. The third kappa shape index (κ3) is 4.75. The van der Waals surface area contributed by atoms with Crippen LogP contribution in [0.2, 0.25) is 0 Å². The SMILES string of the molecule is CCNC(=NCC(=O)N1CCc2ccccc2C1)N(C)CC1CCOC1. The summed E-state index contributed by atoms with van der Waals surface area (Å²) in [6, 6.07) is 8.37. The van der Waals surface area contributed by atoms with Crippen molar-refractivity contribution >= 4 is 11.9 Å². The summed E-state index contributed by atoms with van der Waals surface area (Å²) in [5, 5.41) is 3.29. The first-order chi connectivity index (χ1) is 12.7. The van der Waals surface area contributed by atoms with Gasteiger partial charge in [-0.2, -0.15) is 0 Å². The lowest BCUT2D eigenvalue weighted by Gasteiger charge is -2.29. The first-order valence-electron chi connectivity index (χ1n) is 9.59. The highest BCUT2D eigenvalue weighted by Crippen LogP contribution is 2.18. The molecule has 2 aliphatic heterocycles. The Morgan fingerprint density at radius 2 is 2.19 bits per heavy atom. The van der Waals surface area contributed by atoms with Gasteiger partial charge in [-0.1, -0.05) is 24.3 Å². The molecule has 0 aliphatic carbocycles. The van der Waals surface area contributed by atoms with Crippen LogP contribution in [0.1, 0.15) is 24.5 Å². The van der Waals surface area contributed by atoms with Gasteiger partial charge in [-0.05, 0) is 30.9 Å². The smallest absolute Gasteiger partial charge is 0.244 e. The molecule has 1 atom stereocenters. The van der Waals surface area contributed by atoms with Gasteiger partial charge >= 0.3 is 0 Å². The van der Waals surface area contributed by atoms with Crippen LogP contribution in [0.4, 0.5) is 0 Å². The normalized spacial score (nSPS) is 20.0. The number of amides is 1. The molecule has 2 heterocycles. The van der Waals surface area contributed by atoms with Crippen LogP contribution in [0, 0.1) is 5.92 Å². The van der Waals surface area contributed by atoms with Gasteiger partial charge in [-0.15, -0.1) is 0 Å². The molecule has 1 amide bonds. The fourth-order valence-electron chi connectivity index (χ4n) is 3.62. The number of carbonyl (C=O) groups excluding carboxylic acids is 1. The lowest BCUT2D eigenvalue weighted by atomic mass is 10.00. The molecule has 1 N–H and O–H groups in total. The van der Waals surface area contributed by atoms with E-state index < -0.39 is 0 Å². The second-order valence-corrected chi connectivity index (χ2v) is 7.11. The van der Waals surface area contributed by atoms with Crippen molar-refractivity contribution in [1.82, 2.24) is 15.1 Å². The third-order valence-electron chi connectivity index (χ3n) is 5.10. The summed E-state index contributed by atoms with van der Waals surface area (Å²) in [5.41, 5.74) is 2.60. The molecule has 1 aromatic carbocycles. The van der Waals surface area contributed by atoms with Crippen molar-refractivity contribution in [2.75, 3.05) is 46.4 Å². The molecule has 0 aromatic heterocycles. The summed E-state index contributed by atoms with van der Waals surface area (Å²) < 4.78 is 5.46. The Labute approximate surface area is 156 Å². The van der Waals surface area contributed by atoms with Gasteiger partial charge in [0.05, 0.1) is 6.61 Å². The number of guanidine groups is 1. The quantitative estimate of drug-likeness (QED) is 0.640. The lowest BCUT2D eigenvalue weighted by Crippen LogP contribution is -2.43. The van der Waals surface area contributed by atoms with Crippen LogP contribution in [0.5, 0.6) is 0 Å². The molecule has 26 heavy (non-hydrogen) atoms.